The Morgan fingerprint density at radius 1 is 1.15 bits per heavy atom. The van der Waals surface area contributed by atoms with Crippen molar-refractivity contribution in [1.29, 1.82) is 0 Å². The molecular formula is C19H21F4N3O. The van der Waals surface area contributed by atoms with Crippen molar-refractivity contribution in [2.45, 2.75) is 44.8 Å². The minimum atomic E-state index is -4.54. The molecule has 1 heterocycles. The van der Waals surface area contributed by atoms with Crippen molar-refractivity contribution in [3.05, 3.63) is 36.3 Å². The van der Waals surface area contributed by atoms with E-state index in [9.17, 15) is 17.6 Å². The normalized spacial score (nSPS) is 20.3. The smallest absolute Gasteiger partial charge is 0.422 e. The SMILES string of the molecule is CC1CCC(Nc2nccc(-c3ccc(F)c(OCC(F)(F)F)c3)n2)CC1. The summed E-state index contributed by atoms with van der Waals surface area (Å²) < 4.78 is 55.3. The summed E-state index contributed by atoms with van der Waals surface area (Å²) in [6.45, 7) is 0.685. The van der Waals surface area contributed by atoms with Crippen molar-refractivity contribution >= 4 is 5.95 Å². The first kappa shape index (κ1) is 19.4. The summed E-state index contributed by atoms with van der Waals surface area (Å²) in [5.74, 6) is -0.135. The van der Waals surface area contributed by atoms with Gasteiger partial charge in [0.25, 0.3) is 0 Å². The zero-order valence-corrected chi connectivity index (χ0v) is 14.9. The molecule has 146 valence electrons. The third-order valence-electron chi connectivity index (χ3n) is 4.62. The van der Waals surface area contributed by atoms with Crippen molar-refractivity contribution in [3.63, 3.8) is 0 Å². The Hall–Kier alpha value is -2.38. The summed E-state index contributed by atoms with van der Waals surface area (Å²) in [7, 11) is 0. The molecule has 8 heteroatoms. The predicted octanol–water partition coefficient (Wildman–Crippen LogP) is 5.21. The van der Waals surface area contributed by atoms with Crippen LogP contribution < -0.4 is 10.1 Å². The number of halogens is 4. The van der Waals surface area contributed by atoms with E-state index in [1.54, 1.807) is 12.3 Å². The van der Waals surface area contributed by atoms with Gasteiger partial charge in [-0.3, -0.25) is 0 Å². The van der Waals surface area contributed by atoms with Gasteiger partial charge in [-0.15, -0.1) is 0 Å². The highest BCUT2D eigenvalue weighted by Gasteiger charge is 2.29. The van der Waals surface area contributed by atoms with Crippen LogP contribution in [0.5, 0.6) is 5.75 Å². The summed E-state index contributed by atoms with van der Waals surface area (Å²) in [6, 6.07) is 5.66. The van der Waals surface area contributed by atoms with Crippen LogP contribution in [0.25, 0.3) is 11.3 Å². The molecule has 2 aromatic rings. The molecule has 1 fully saturated rings. The Kier molecular flexibility index (Phi) is 5.82. The average molecular weight is 383 g/mol. The van der Waals surface area contributed by atoms with Crippen LogP contribution in [0.3, 0.4) is 0 Å². The van der Waals surface area contributed by atoms with Gasteiger partial charge >= 0.3 is 6.18 Å². The third-order valence-corrected chi connectivity index (χ3v) is 4.62. The van der Waals surface area contributed by atoms with Gasteiger partial charge in [0.15, 0.2) is 18.2 Å². The minimum absolute atomic E-state index is 0.301. The van der Waals surface area contributed by atoms with E-state index in [1.165, 1.54) is 12.1 Å². The second-order valence-electron chi connectivity index (χ2n) is 6.92. The molecule has 1 saturated carbocycles. The maximum absolute atomic E-state index is 13.7. The van der Waals surface area contributed by atoms with Gasteiger partial charge in [0, 0.05) is 17.8 Å². The molecule has 1 aliphatic rings. The third kappa shape index (κ3) is 5.55. The topological polar surface area (TPSA) is 47.0 Å². The molecule has 0 radical (unpaired) electrons. The van der Waals surface area contributed by atoms with E-state index in [0.717, 1.165) is 37.7 Å². The lowest BCUT2D eigenvalue weighted by atomic mass is 9.87. The fraction of sp³-hybridized carbons (Fsp3) is 0.474. The summed E-state index contributed by atoms with van der Waals surface area (Å²) in [5, 5.41) is 3.31. The first-order chi connectivity index (χ1) is 12.8. The monoisotopic (exact) mass is 383 g/mol. The predicted molar refractivity (Wildman–Crippen MR) is 94.0 cm³/mol. The van der Waals surface area contributed by atoms with Gasteiger partial charge in [0.1, 0.15) is 0 Å². The van der Waals surface area contributed by atoms with E-state index >= 15 is 0 Å². The minimum Gasteiger partial charge on any atom is -0.481 e. The van der Waals surface area contributed by atoms with Gasteiger partial charge in [-0.2, -0.15) is 13.2 Å². The summed E-state index contributed by atoms with van der Waals surface area (Å²) in [6.07, 6.45) is 1.41. The first-order valence-electron chi connectivity index (χ1n) is 8.89. The number of aromatic nitrogens is 2. The molecule has 1 aromatic carbocycles. The van der Waals surface area contributed by atoms with Crippen LogP contribution in [0, 0.1) is 11.7 Å². The van der Waals surface area contributed by atoms with Gasteiger partial charge < -0.3 is 10.1 Å². The van der Waals surface area contributed by atoms with Gasteiger partial charge in [-0.1, -0.05) is 6.92 Å². The van der Waals surface area contributed by atoms with Crippen LogP contribution in [-0.2, 0) is 0 Å². The summed E-state index contributed by atoms with van der Waals surface area (Å²) >= 11 is 0. The zero-order valence-electron chi connectivity index (χ0n) is 14.9. The number of ether oxygens (including phenoxy) is 1. The van der Waals surface area contributed by atoms with Gasteiger partial charge in [0.05, 0.1) is 5.69 Å². The van der Waals surface area contributed by atoms with Crippen LogP contribution in [0.1, 0.15) is 32.6 Å². The van der Waals surface area contributed by atoms with Crippen LogP contribution in [-0.4, -0.2) is 28.8 Å². The van der Waals surface area contributed by atoms with E-state index < -0.39 is 24.3 Å². The van der Waals surface area contributed by atoms with E-state index in [1.807, 2.05) is 0 Å². The van der Waals surface area contributed by atoms with Crippen molar-refractivity contribution in [1.82, 2.24) is 9.97 Å². The van der Waals surface area contributed by atoms with Crippen molar-refractivity contribution in [2.24, 2.45) is 5.92 Å². The fourth-order valence-corrected chi connectivity index (χ4v) is 3.11. The highest BCUT2D eigenvalue weighted by molar-refractivity contribution is 5.62. The number of anilines is 1. The van der Waals surface area contributed by atoms with Gasteiger partial charge in [0.2, 0.25) is 5.95 Å². The van der Waals surface area contributed by atoms with Crippen LogP contribution in [0.4, 0.5) is 23.5 Å². The number of rotatable bonds is 5. The van der Waals surface area contributed by atoms with Gasteiger partial charge in [-0.05, 0) is 55.9 Å². The highest BCUT2D eigenvalue weighted by Crippen LogP contribution is 2.28. The average Bonchev–Trinajstić information content (AvgIpc) is 2.62. The van der Waals surface area contributed by atoms with Gasteiger partial charge in [-0.25, -0.2) is 14.4 Å². The molecule has 1 aromatic heterocycles. The fourth-order valence-electron chi connectivity index (χ4n) is 3.11. The number of benzene rings is 1. The molecule has 0 aliphatic heterocycles. The number of nitrogens with one attached hydrogen (secondary N) is 1. The Labute approximate surface area is 155 Å². The number of nitrogens with zero attached hydrogens (tertiary/aromatic N) is 2. The molecule has 0 unspecified atom stereocenters. The lowest BCUT2D eigenvalue weighted by Gasteiger charge is -2.26. The molecule has 0 spiro atoms. The quantitative estimate of drug-likeness (QED) is 0.720. The second-order valence-corrected chi connectivity index (χ2v) is 6.92. The molecule has 1 N–H and O–H groups in total. The van der Waals surface area contributed by atoms with E-state index in [0.29, 0.717) is 23.2 Å². The molecule has 0 bridgehead atoms. The zero-order chi connectivity index (χ0) is 19.4. The molecule has 0 saturated heterocycles. The maximum atomic E-state index is 13.7. The summed E-state index contributed by atoms with van der Waals surface area (Å²) in [5.41, 5.74) is 0.935. The maximum Gasteiger partial charge on any atom is 0.422 e. The molecule has 1 aliphatic carbocycles. The lowest BCUT2D eigenvalue weighted by molar-refractivity contribution is -0.153. The van der Waals surface area contributed by atoms with Crippen molar-refractivity contribution in [2.75, 3.05) is 11.9 Å². The van der Waals surface area contributed by atoms with Crippen LogP contribution in [0.2, 0.25) is 0 Å². The molecule has 4 nitrogen and oxygen atoms in total. The van der Waals surface area contributed by atoms with E-state index in [2.05, 4.69) is 26.9 Å². The van der Waals surface area contributed by atoms with Crippen LogP contribution in [0.15, 0.2) is 30.5 Å². The van der Waals surface area contributed by atoms with Crippen molar-refractivity contribution in [3.8, 4) is 17.0 Å². The standard InChI is InChI=1S/C19H21F4N3O/c1-12-2-5-14(6-3-12)25-18-24-9-8-16(26-18)13-4-7-15(20)17(10-13)27-11-19(21,22)23/h4,7-10,12,14H,2-3,5-6,11H2,1H3,(H,24,25,26). The summed E-state index contributed by atoms with van der Waals surface area (Å²) in [4.78, 5) is 8.62. The Balaban J connectivity index is 1.74. The lowest BCUT2D eigenvalue weighted by Crippen LogP contribution is -2.26. The molecular weight excluding hydrogens is 362 g/mol. The number of alkyl halides is 3. The molecule has 27 heavy (non-hydrogen) atoms. The Morgan fingerprint density at radius 3 is 2.59 bits per heavy atom. The Bertz CT molecular complexity index is 774. The molecule has 3 rings (SSSR count). The van der Waals surface area contributed by atoms with E-state index in [4.69, 9.17) is 0 Å². The highest BCUT2D eigenvalue weighted by atomic mass is 19.4. The number of hydrogen-bond donors (Lipinski definition) is 1. The largest absolute Gasteiger partial charge is 0.481 e. The molecule has 0 atom stereocenters. The van der Waals surface area contributed by atoms with Crippen molar-refractivity contribution < 1.29 is 22.3 Å². The van der Waals surface area contributed by atoms with E-state index in [-0.39, 0.29) is 0 Å². The Morgan fingerprint density at radius 2 is 1.89 bits per heavy atom. The number of hydrogen-bond acceptors (Lipinski definition) is 4. The van der Waals surface area contributed by atoms with Crippen LogP contribution >= 0.6 is 0 Å². The molecule has 0 amide bonds. The second kappa shape index (κ2) is 8.10. The first-order valence-corrected chi connectivity index (χ1v) is 8.89.